The van der Waals surface area contributed by atoms with Crippen molar-refractivity contribution >= 4 is 23.0 Å². The minimum atomic E-state index is -1.31. The number of hydrogen-bond acceptors (Lipinski definition) is 8. The van der Waals surface area contributed by atoms with Crippen molar-refractivity contribution in [1.29, 1.82) is 0 Å². The maximum atomic E-state index is 13.3. The molecular formula is C30H30N4O6. The van der Waals surface area contributed by atoms with Gasteiger partial charge >= 0.3 is 17.6 Å². The fraction of sp³-hybridized carbons (Fsp3) is 0.300. The highest BCUT2D eigenvalue weighted by molar-refractivity contribution is 5.83. The Morgan fingerprint density at radius 3 is 2.20 bits per heavy atom. The van der Waals surface area contributed by atoms with Crippen LogP contribution in [-0.4, -0.2) is 51.6 Å². The van der Waals surface area contributed by atoms with Crippen molar-refractivity contribution in [2.75, 3.05) is 6.61 Å². The number of ether oxygens (including phenoxy) is 2. The average molecular weight is 543 g/mol. The molecule has 0 unspecified atom stereocenters. The molecule has 1 amide bonds. The predicted octanol–water partition coefficient (Wildman–Crippen LogP) is 3.86. The Bertz CT molecular complexity index is 1580. The zero-order chi connectivity index (χ0) is 28.4. The van der Waals surface area contributed by atoms with Crippen molar-refractivity contribution in [3.05, 3.63) is 94.3 Å². The number of carbonyl (C=O) groups is 2. The van der Waals surface area contributed by atoms with Gasteiger partial charge in [0.15, 0.2) is 6.04 Å². The van der Waals surface area contributed by atoms with Crippen LogP contribution in [-0.2, 0) is 14.3 Å². The Morgan fingerprint density at radius 1 is 0.950 bits per heavy atom. The minimum absolute atomic E-state index is 0.0613. The molecule has 0 fully saturated rings. The van der Waals surface area contributed by atoms with Crippen LogP contribution < -0.4 is 15.7 Å². The summed E-state index contributed by atoms with van der Waals surface area (Å²) < 4.78 is 11.6. The molecular weight excluding hydrogens is 512 g/mol. The van der Waals surface area contributed by atoms with E-state index in [9.17, 15) is 14.4 Å². The number of carbonyl (C=O) groups excluding carboxylic acids is 2. The summed E-state index contributed by atoms with van der Waals surface area (Å²) in [6, 6.07) is 21.2. The fourth-order valence-electron chi connectivity index (χ4n) is 4.94. The Labute approximate surface area is 230 Å². The first-order valence-electron chi connectivity index (χ1n) is 13.0. The number of nitrogens with one attached hydrogen (secondary N) is 1. The number of alkyl carbamates (subject to hydrolysis) is 1. The van der Waals surface area contributed by atoms with Crippen LogP contribution in [0.5, 0.6) is 0 Å². The summed E-state index contributed by atoms with van der Waals surface area (Å²) >= 11 is 0. The van der Waals surface area contributed by atoms with Crippen LogP contribution in [0.15, 0.2) is 77.6 Å². The second-order valence-corrected chi connectivity index (χ2v) is 10.6. The molecule has 3 aromatic carbocycles. The van der Waals surface area contributed by atoms with E-state index in [-0.39, 0.29) is 17.9 Å². The highest BCUT2D eigenvalue weighted by Gasteiger charge is 2.35. The number of hydrogen-bond donors (Lipinski definition) is 1. The zero-order valence-electron chi connectivity index (χ0n) is 22.7. The van der Waals surface area contributed by atoms with Gasteiger partial charge in [0.05, 0.1) is 17.1 Å². The average Bonchev–Trinajstić information content (AvgIpc) is 3.25. The smallest absolute Gasteiger partial charge is 0.407 e. The number of benzene rings is 3. The normalized spacial score (nSPS) is 14.2. The summed E-state index contributed by atoms with van der Waals surface area (Å²) in [5, 5.41) is 10.4. The van der Waals surface area contributed by atoms with Crippen LogP contribution in [0.25, 0.3) is 22.0 Å². The highest BCUT2D eigenvalue weighted by atomic mass is 16.7. The van der Waals surface area contributed by atoms with E-state index in [1.807, 2.05) is 69.3 Å². The van der Waals surface area contributed by atoms with Crippen molar-refractivity contribution in [3.8, 4) is 11.1 Å². The van der Waals surface area contributed by atoms with E-state index >= 15 is 0 Å². The van der Waals surface area contributed by atoms with Crippen molar-refractivity contribution < 1.29 is 23.9 Å². The lowest BCUT2D eigenvalue weighted by molar-refractivity contribution is -0.156. The molecule has 4 aromatic rings. The van der Waals surface area contributed by atoms with E-state index < -0.39 is 35.4 Å². The number of nitrogens with zero attached hydrogens (tertiary/aromatic N) is 3. The van der Waals surface area contributed by atoms with Crippen LogP contribution in [0.4, 0.5) is 4.79 Å². The lowest BCUT2D eigenvalue weighted by Gasteiger charge is -2.29. The van der Waals surface area contributed by atoms with E-state index in [1.54, 1.807) is 31.2 Å². The number of fused-ring (bicyclic) bond motifs is 4. The summed E-state index contributed by atoms with van der Waals surface area (Å²) in [5.41, 5.74) is 3.38. The van der Waals surface area contributed by atoms with Gasteiger partial charge in [-0.3, -0.25) is 4.79 Å². The Hall–Kier alpha value is -4.57. The quantitative estimate of drug-likeness (QED) is 0.350. The molecule has 0 saturated heterocycles. The SMILES string of the molecule is C[C@H](OC(C)(C)C)[C@H](NC(=O)OCC1c2ccccc2-c2ccccc21)C(=O)On1nnc2ccccc2c1=O. The summed E-state index contributed by atoms with van der Waals surface area (Å²) in [7, 11) is 0. The summed E-state index contributed by atoms with van der Waals surface area (Å²) in [6.07, 6.45) is -1.66. The molecule has 0 saturated carbocycles. The summed E-state index contributed by atoms with van der Waals surface area (Å²) in [4.78, 5) is 44.8. The second kappa shape index (κ2) is 10.9. The van der Waals surface area contributed by atoms with Gasteiger partial charge in [0.1, 0.15) is 12.1 Å². The zero-order valence-corrected chi connectivity index (χ0v) is 22.7. The molecule has 0 aliphatic heterocycles. The topological polar surface area (TPSA) is 122 Å². The maximum absolute atomic E-state index is 13.3. The van der Waals surface area contributed by atoms with Gasteiger partial charge in [-0.05, 0) is 72.1 Å². The first kappa shape index (κ1) is 27.0. The molecule has 0 spiro atoms. The third-order valence-electron chi connectivity index (χ3n) is 6.60. The molecule has 40 heavy (non-hydrogen) atoms. The van der Waals surface area contributed by atoms with Gasteiger partial charge in [-0.2, -0.15) is 0 Å². The van der Waals surface area contributed by atoms with Crippen molar-refractivity contribution in [3.63, 3.8) is 0 Å². The summed E-state index contributed by atoms with van der Waals surface area (Å²) in [6.45, 7) is 7.14. The second-order valence-electron chi connectivity index (χ2n) is 10.6. The third-order valence-corrected chi connectivity index (χ3v) is 6.60. The van der Waals surface area contributed by atoms with Crippen LogP contribution in [0.3, 0.4) is 0 Å². The molecule has 1 N–H and O–H groups in total. The number of aromatic nitrogens is 3. The maximum Gasteiger partial charge on any atom is 0.407 e. The van der Waals surface area contributed by atoms with E-state index in [1.165, 1.54) is 0 Å². The molecule has 10 heteroatoms. The largest absolute Gasteiger partial charge is 0.449 e. The number of amides is 1. The highest BCUT2D eigenvalue weighted by Crippen LogP contribution is 2.44. The Balaban J connectivity index is 1.33. The van der Waals surface area contributed by atoms with Crippen molar-refractivity contribution in [1.82, 2.24) is 20.5 Å². The van der Waals surface area contributed by atoms with Crippen molar-refractivity contribution in [2.24, 2.45) is 0 Å². The lowest BCUT2D eigenvalue weighted by atomic mass is 9.98. The molecule has 1 aliphatic rings. The first-order chi connectivity index (χ1) is 19.1. The molecule has 206 valence electrons. The first-order valence-corrected chi connectivity index (χ1v) is 13.0. The summed E-state index contributed by atoms with van der Waals surface area (Å²) in [5.74, 6) is -1.12. The van der Waals surface area contributed by atoms with Crippen molar-refractivity contribution in [2.45, 2.75) is 51.4 Å². The van der Waals surface area contributed by atoms with Crippen LogP contribution >= 0.6 is 0 Å². The molecule has 0 bridgehead atoms. The molecule has 1 aromatic heterocycles. The minimum Gasteiger partial charge on any atom is -0.449 e. The van der Waals surface area contributed by atoms with Crippen LogP contribution in [0, 0.1) is 0 Å². The molecule has 1 heterocycles. The van der Waals surface area contributed by atoms with Crippen LogP contribution in [0.1, 0.15) is 44.7 Å². The van der Waals surface area contributed by atoms with Gasteiger partial charge < -0.3 is 19.6 Å². The van der Waals surface area contributed by atoms with E-state index in [0.29, 0.717) is 10.4 Å². The van der Waals surface area contributed by atoms with E-state index in [2.05, 4.69) is 15.6 Å². The van der Waals surface area contributed by atoms with Gasteiger partial charge in [0.2, 0.25) is 0 Å². The monoisotopic (exact) mass is 542 g/mol. The number of rotatable bonds is 7. The Kier molecular flexibility index (Phi) is 7.36. The van der Waals surface area contributed by atoms with E-state index in [4.69, 9.17) is 14.3 Å². The van der Waals surface area contributed by atoms with Gasteiger partial charge in [0, 0.05) is 5.92 Å². The van der Waals surface area contributed by atoms with Gasteiger partial charge in [-0.15, -0.1) is 5.10 Å². The molecule has 1 aliphatic carbocycles. The predicted molar refractivity (Wildman–Crippen MR) is 148 cm³/mol. The molecule has 5 rings (SSSR count). The standard InChI is InChI=1S/C30H30N4O6/c1-18(39-30(2,3)4)26(28(36)40-34-27(35)23-15-9-10-16-25(23)32-33-34)31-29(37)38-17-24-21-13-7-5-11-19(21)20-12-6-8-14-22(20)24/h5-16,18,24,26H,17H2,1-4H3,(H,31,37)/t18-,26-/m0/s1. The molecule has 10 nitrogen and oxygen atoms in total. The van der Waals surface area contributed by atoms with Gasteiger partial charge in [-0.25, -0.2) is 9.59 Å². The fourth-order valence-corrected chi connectivity index (χ4v) is 4.94. The van der Waals surface area contributed by atoms with Gasteiger partial charge in [0.25, 0.3) is 0 Å². The molecule has 2 atom stereocenters. The lowest BCUT2D eigenvalue weighted by Crippen LogP contribution is -2.54. The third kappa shape index (κ3) is 5.57. The Morgan fingerprint density at radius 2 is 1.55 bits per heavy atom. The van der Waals surface area contributed by atoms with Gasteiger partial charge in [-0.1, -0.05) is 60.7 Å². The van der Waals surface area contributed by atoms with E-state index in [0.717, 1.165) is 22.3 Å². The molecule has 0 radical (unpaired) electrons. The van der Waals surface area contributed by atoms with Crippen LogP contribution in [0.2, 0.25) is 0 Å².